The zero-order valence-electron chi connectivity index (χ0n) is 13.4. The zero-order valence-corrected chi connectivity index (χ0v) is 10.4. The Morgan fingerprint density at radius 3 is 3.15 bits per heavy atom. The third kappa shape index (κ3) is 1.02. The van der Waals surface area contributed by atoms with Crippen molar-refractivity contribution in [3.63, 3.8) is 0 Å². The van der Waals surface area contributed by atoms with Crippen molar-refractivity contribution < 1.29 is 13.1 Å². The molecule has 0 saturated carbocycles. The van der Waals surface area contributed by atoms with E-state index in [2.05, 4.69) is 9.97 Å². The quantitative estimate of drug-likeness (QED) is 0.403. The monoisotopic (exact) mass is 266 g/mol. The summed E-state index contributed by atoms with van der Waals surface area (Å²) >= 11 is 0. The molecule has 0 saturated heterocycles. The molecule has 5 heteroatoms. The minimum atomic E-state index is -2.34. The predicted molar refractivity (Wildman–Crippen MR) is 73.0 cm³/mol. The molecule has 0 aliphatic carbocycles. The van der Waals surface area contributed by atoms with Gasteiger partial charge in [0.05, 0.1) is 16.5 Å². The Kier molecular flexibility index (Phi) is 1.27. The van der Waals surface area contributed by atoms with Crippen molar-refractivity contribution >= 4 is 22.3 Å². The van der Waals surface area contributed by atoms with E-state index in [1.165, 1.54) is 4.57 Å². The number of hydrogen-bond acceptors (Lipinski definition) is 3. The number of imidazole rings is 1. The van der Waals surface area contributed by atoms with E-state index in [0.717, 1.165) is 5.56 Å². The van der Waals surface area contributed by atoms with Crippen LogP contribution >= 0.6 is 0 Å². The van der Waals surface area contributed by atoms with E-state index < -0.39 is 6.98 Å². The van der Waals surface area contributed by atoms with Crippen molar-refractivity contribution in [3.8, 4) is 11.5 Å². The highest BCUT2D eigenvalue weighted by Crippen LogP contribution is 2.33. The molecule has 4 aromatic rings. The molecule has 5 heterocycles. The highest BCUT2D eigenvalue weighted by atomic mass is 16.4. The van der Waals surface area contributed by atoms with Crippen LogP contribution in [0, 0.1) is 0 Å². The SMILES string of the molecule is [2H]C([2H])([2H])n1c2[n+](c3oc4ncccc4c31)Cc1cccnc1-2. The molecule has 0 radical (unpaired) electrons. The van der Waals surface area contributed by atoms with Gasteiger partial charge in [-0.15, -0.1) is 0 Å². The Hall–Kier alpha value is -2.69. The molecule has 5 rings (SSSR count). The molecule has 20 heavy (non-hydrogen) atoms. The average molecular weight is 266 g/mol. The van der Waals surface area contributed by atoms with Gasteiger partial charge in [0.25, 0.3) is 0 Å². The number of pyridine rings is 2. The summed E-state index contributed by atoms with van der Waals surface area (Å²) in [5, 5.41) is 0.693. The summed E-state index contributed by atoms with van der Waals surface area (Å²) in [4.78, 5) is 8.58. The van der Waals surface area contributed by atoms with Crippen LogP contribution < -0.4 is 4.57 Å². The van der Waals surface area contributed by atoms with E-state index in [1.54, 1.807) is 18.5 Å². The third-order valence-corrected chi connectivity index (χ3v) is 3.79. The molecule has 0 unspecified atom stereocenters. The lowest BCUT2D eigenvalue weighted by molar-refractivity contribution is -0.652. The lowest BCUT2D eigenvalue weighted by Gasteiger charge is -1.93. The van der Waals surface area contributed by atoms with E-state index in [0.29, 0.717) is 40.4 Å². The fourth-order valence-electron chi connectivity index (χ4n) is 2.95. The summed E-state index contributed by atoms with van der Waals surface area (Å²) in [7, 11) is 0. The number of fused-ring (bicyclic) bond motifs is 7. The summed E-state index contributed by atoms with van der Waals surface area (Å²) in [5.41, 5.74) is 3.17. The Bertz CT molecular complexity index is 1090. The first kappa shape index (κ1) is 7.79. The Morgan fingerprint density at radius 2 is 2.20 bits per heavy atom. The second-order valence-electron chi connectivity index (χ2n) is 4.87. The number of hydrogen-bond donors (Lipinski definition) is 0. The summed E-state index contributed by atoms with van der Waals surface area (Å²) in [6.07, 6.45) is 3.30. The number of rotatable bonds is 0. The standard InChI is InChI=1S/C15H11N4O/c1-18-12-10-5-3-7-17-13(10)20-15(12)19-8-9-4-2-6-16-11(9)14(18)19/h2-7H,8H2,1H3/q+1/i1D3. The van der Waals surface area contributed by atoms with Crippen molar-refractivity contribution in [3.05, 3.63) is 42.2 Å². The highest BCUT2D eigenvalue weighted by Gasteiger charge is 2.37. The van der Waals surface area contributed by atoms with Gasteiger partial charge in [-0.1, -0.05) is 6.07 Å². The van der Waals surface area contributed by atoms with Gasteiger partial charge in [-0.05, 0) is 18.2 Å². The van der Waals surface area contributed by atoms with E-state index in [-0.39, 0.29) is 0 Å². The third-order valence-electron chi connectivity index (χ3n) is 3.79. The second-order valence-corrected chi connectivity index (χ2v) is 4.87. The maximum Gasteiger partial charge on any atom is 0.341 e. The van der Waals surface area contributed by atoms with Gasteiger partial charge >= 0.3 is 11.5 Å². The van der Waals surface area contributed by atoms with E-state index in [1.807, 2.05) is 22.8 Å². The molecular formula is C15H11N4O+. The van der Waals surface area contributed by atoms with Crippen molar-refractivity contribution in [2.24, 2.45) is 6.98 Å². The molecule has 0 bridgehead atoms. The lowest BCUT2D eigenvalue weighted by Crippen LogP contribution is -2.31. The van der Waals surface area contributed by atoms with Gasteiger partial charge in [-0.25, -0.2) is 14.5 Å². The predicted octanol–water partition coefficient (Wildman–Crippen LogP) is 2.03. The van der Waals surface area contributed by atoms with Crippen molar-refractivity contribution in [1.29, 1.82) is 0 Å². The first-order valence-corrected chi connectivity index (χ1v) is 6.32. The molecule has 0 fully saturated rings. The van der Waals surface area contributed by atoms with Crippen LogP contribution in [0.1, 0.15) is 9.68 Å². The fraction of sp³-hybridized carbons (Fsp3) is 0.133. The van der Waals surface area contributed by atoms with Gasteiger partial charge in [0.15, 0.2) is 5.69 Å². The number of furan rings is 1. The van der Waals surface area contributed by atoms with Crippen LogP contribution in [0.15, 0.2) is 41.1 Å². The van der Waals surface area contributed by atoms with Crippen LogP contribution in [-0.4, -0.2) is 14.5 Å². The summed E-state index contributed by atoms with van der Waals surface area (Å²) in [5.74, 6) is 0.556. The number of aryl methyl sites for hydroxylation is 1. The average Bonchev–Trinajstić information content (AvgIpc) is 3.13. The molecule has 1 aliphatic heterocycles. The van der Waals surface area contributed by atoms with Crippen molar-refractivity contribution in [1.82, 2.24) is 14.5 Å². The molecule has 5 nitrogen and oxygen atoms in total. The normalized spacial score (nSPS) is 15.9. The summed E-state index contributed by atoms with van der Waals surface area (Å²) in [6, 6.07) is 7.40. The van der Waals surface area contributed by atoms with Crippen LogP contribution in [0.5, 0.6) is 0 Å². The molecule has 4 aromatic heterocycles. The van der Waals surface area contributed by atoms with Gasteiger partial charge in [0.1, 0.15) is 6.54 Å². The fourth-order valence-corrected chi connectivity index (χ4v) is 2.95. The minimum absolute atomic E-state index is 0.440. The molecule has 0 atom stereocenters. The van der Waals surface area contributed by atoms with Gasteiger partial charge in [-0.3, -0.25) is 0 Å². The highest BCUT2D eigenvalue weighted by molar-refractivity contribution is 5.99. The lowest BCUT2D eigenvalue weighted by atomic mass is 10.2. The van der Waals surface area contributed by atoms with Crippen LogP contribution in [0.4, 0.5) is 0 Å². The topological polar surface area (TPSA) is 47.7 Å². The van der Waals surface area contributed by atoms with Gasteiger partial charge in [0.2, 0.25) is 11.2 Å². The van der Waals surface area contributed by atoms with E-state index in [9.17, 15) is 0 Å². The Labute approximate surface area is 118 Å². The van der Waals surface area contributed by atoms with E-state index in [4.69, 9.17) is 8.53 Å². The molecule has 96 valence electrons. The molecule has 0 amide bonds. The Morgan fingerprint density at radius 1 is 1.30 bits per heavy atom. The van der Waals surface area contributed by atoms with Crippen LogP contribution in [0.3, 0.4) is 0 Å². The molecule has 0 aromatic carbocycles. The first-order valence-electron chi connectivity index (χ1n) is 7.82. The summed E-state index contributed by atoms with van der Waals surface area (Å²) < 4.78 is 33.0. The van der Waals surface area contributed by atoms with Gasteiger partial charge < -0.3 is 4.42 Å². The largest absolute Gasteiger partial charge is 0.400 e. The first-order chi connectivity index (χ1) is 11.1. The maximum atomic E-state index is 7.99. The van der Waals surface area contributed by atoms with E-state index >= 15 is 0 Å². The van der Waals surface area contributed by atoms with Crippen molar-refractivity contribution in [2.75, 3.05) is 0 Å². The molecule has 0 N–H and O–H groups in total. The molecule has 0 spiro atoms. The maximum absolute atomic E-state index is 7.99. The molecule has 1 aliphatic rings. The Balaban J connectivity index is 2.01. The van der Waals surface area contributed by atoms with Gasteiger partial charge in [0, 0.05) is 18.0 Å². The smallest absolute Gasteiger partial charge is 0.341 e. The molecular weight excluding hydrogens is 252 g/mol. The number of aromatic nitrogens is 4. The summed E-state index contributed by atoms with van der Waals surface area (Å²) in [6.45, 7) is -1.80. The van der Waals surface area contributed by atoms with Crippen LogP contribution in [0.25, 0.3) is 33.8 Å². The second kappa shape index (κ2) is 3.25. The zero-order chi connectivity index (χ0) is 15.8. The van der Waals surface area contributed by atoms with Crippen molar-refractivity contribution in [2.45, 2.75) is 6.54 Å². The van der Waals surface area contributed by atoms with Crippen LogP contribution in [0.2, 0.25) is 0 Å². The van der Waals surface area contributed by atoms with Gasteiger partial charge in [-0.2, -0.15) is 4.57 Å². The van der Waals surface area contributed by atoms with Crippen LogP contribution in [-0.2, 0) is 13.5 Å². The minimum Gasteiger partial charge on any atom is -0.400 e. The number of nitrogens with zero attached hydrogens (tertiary/aromatic N) is 4.